The number of nitrogens with zero attached hydrogens (tertiary/aromatic N) is 3. The third kappa shape index (κ3) is 1.01. The summed E-state index contributed by atoms with van der Waals surface area (Å²) in [5.41, 5.74) is 0.633. The maximum Gasteiger partial charge on any atom is 0.175 e. The molecule has 0 aliphatic heterocycles. The standard InChI is InChI=1S/C7H5BrFN3/c1-4-10-11-7-6(8)2-5(9)3-12(4)7/h2-3H,1H3. The number of pyridine rings is 1. The zero-order chi connectivity index (χ0) is 8.72. The third-order valence-electron chi connectivity index (χ3n) is 1.60. The zero-order valence-electron chi connectivity index (χ0n) is 6.25. The van der Waals surface area contributed by atoms with Gasteiger partial charge in [0, 0.05) is 6.20 Å². The molecule has 0 amide bonds. The fraction of sp³-hybridized carbons (Fsp3) is 0.143. The molecule has 0 atom stereocenters. The van der Waals surface area contributed by atoms with E-state index >= 15 is 0 Å². The van der Waals surface area contributed by atoms with Crippen molar-refractivity contribution < 1.29 is 4.39 Å². The second-order valence-electron chi connectivity index (χ2n) is 2.45. The molecule has 0 saturated heterocycles. The SMILES string of the molecule is Cc1nnc2c(Br)cc(F)cn12. The molecule has 2 rings (SSSR count). The first kappa shape index (κ1) is 7.67. The fourth-order valence-corrected chi connectivity index (χ4v) is 1.52. The summed E-state index contributed by atoms with van der Waals surface area (Å²) in [7, 11) is 0. The van der Waals surface area contributed by atoms with Gasteiger partial charge in [0.1, 0.15) is 11.6 Å². The Morgan fingerprint density at radius 1 is 1.50 bits per heavy atom. The Labute approximate surface area is 76.4 Å². The largest absolute Gasteiger partial charge is 0.283 e. The van der Waals surface area contributed by atoms with Crippen molar-refractivity contribution in [3.63, 3.8) is 0 Å². The predicted octanol–water partition coefficient (Wildman–Crippen LogP) is 1.94. The van der Waals surface area contributed by atoms with Gasteiger partial charge in [0.25, 0.3) is 0 Å². The lowest BCUT2D eigenvalue weighted by Crippen LogP contribution is -1.90. The molecule has 3 nitrogen and oxygen atoms in total. The van der Waals surface area contributed by atoms with Crippen LogP contribution in [0.4, 0.5) is 4.39 Å². The number of rotatable bonds is 0. The molecule has 0 saturated carbocycles. The molecule has 2 aromatic heterocycles. The minimum absolute atomic E-state index is 0.308. The third-order valence-corrected chi connectivity index (χ3v) is 2.18. The molecule has 0 fully saturated rings. The highest BCUT2D eigenvalue weighted by molar-refractivity contribution is 9.10. The second kappa shape index (κ2) is 2.52. The smallest absolute Gasteiger partial charge is 0.175 e. The van der Waals surface area contributed by atoms with E-state index in [-0.39, 0.29) is 5.82 Å². The van der Waals surface area contributed by atoms with Crippen LogP contribution in [0.2, 0.25) is 0 Å². The van der Waals surface area contributed by atoms with E-state index in [1.807, 2.05) is 0 Å². The average Bonchev–Trinajstić information content (AvgIpc) is 2.33. The van der Waals surface area contributed by atoms with Gasteiger partial charge >= 0.3 is 0 Å². The van der Waals surface area contributed by atoms with E-state index in [2.05, 4.69) is 26.1 Å². The lowest BCUT2D eigenvalue weighted by Gasteiger charge is -1.96. The Morgan fingerprint density at radius 3 is 3.00 bits per heavy atom. The fourth-order valence-electron chi connectivity index (χ4n) is 1.03. The van der Waals surface area contributed by atoms with Gasteiger partial charge in [-0.3, -0.25) is 4.40 Å². The highest BCUT2D eigenvalue weighted by atomic mass is 79.9. The van der Waals surface area contributed by atoms with E-state index in [0.29, 0.717) is 15.9 Å². The molecule has 0 N–H and O–H groups in total. The summed E-state index contributed by atoms with van der Waals surface area (Å²) in [6.45, 7) is 1.77. The van der Waals surface area contributed by atoms with Gasteiger partial charge in [-0.25, -0.2) is 4.39 Å². The van der Waals surface area contributed by atoms with Gasteiger partial charge in [0.15, 0.2) is 5.65 Å². The van der Waals surface area contributed by atoms with Crippen LogP contribution in [0.1, 0.15) is 5.82 Å². The minimum atomic E-state index is -0.308. The summed E-state index contributed by atoms with van der Waals surface area (Å²) in [6.07, 6.45) is 1.36. The highest BCUT2D eigenvalue weighted by Crippen LogP contribution is 2.17. The van der Waals surface area contributed by atoms with Gasteiger partial charge in [-0.15, -0.1) is 10.2 Å². The van der Waals surface area contributed by atoms with Crippen LogP contribution in [0.15, 0.2) is 16.7 Å². The van der Waals surface area contributed by atoms with Crippen molar-refractivity contribution >= 4 is 21.6 Å². The number of hydrogen-bond donors (Lipinski definition) is 0. The number of fused-ring (bicyclic) bond motifs is 1. The molecule has 0 radical (unpaired) electrons. The molecule has 5 heteroatoms. The Kier molecular flexibility index (Phi) is 1.61. The van der Waals surface area contributed by atoms with Crippen LogP contribution >= 0.6 is 15.9 Å². The van der Waals surface area contributed by atoms with Crippen LogP contribution in [-0.2, 0) is 0 Å². The summed E-state index contributed by atoms with van der Waals surface area (Å²) >= 11 is 3.20. The molecule has 0 aliphatic rings. The normalized spacial score (nSPS) is 10.9. The lowest BCUT2D eigenvalue weighted by atomic mass is 10.4. The highest BCUT2D eigenvalue weighted by Gasteiger charge is 2.05. The first-order valence-corrected chi connectivity index (χ1v) is 4.14. The first-order chi connectivity index (χ1) is 5.68. The van der Waals surface area contributed by atoms with E-state index in [9.17, 15) is 4.39 Å². The zero-order valence-corrected chi connectivity index (χ0v) is 7.84. The Hall–Kier alpha value is -0.970. The second-order valence-corrected chi connectivity index (χ2v) is 3.30. The van der Waals surface area contributed by atoms with E-state index in [1.165, 1.54) is 12.3 Å². The Bertz CT molecular complexity index is 437. The maximum atomic E-state index is 12.8. The average molecular weight is 230 g/mol. The summed E-state index contributed by atoms with van der Waals surface area (Å²) in [6, 6.07) is 1.36. The molecule has 0 aliphatic carbocycles. The summed E-state index contributed by atoms with van der Waals surface area (Å²) < 4.78 is 15.1. The van der Waals surface area contributed by atoms with Gasteiger partial charge in [-0.1, -0.05) is 0 Å². The van der Waals surface area contributed by atoms with Gasteiger partial charge in [0.05, 0.1) is 4.47 Å². The molecule has 0 aromatic carbocycles. The first-order valence-electron chi connectivity index (χ1n) is 3.35. The predicted molar refractivity (Wildman–Crippen MR) is 45.4 cm³/mol. The Morgan fingerprint density at radius 2 is 2.25 bits per heavy atom. The number of aryl methyl sites for hydroxylation is 1. The number of halogens is 2. The molecule has 0 spiro atoms. The van der Waals surface area contributed by atoms with Crippen LogP contribution in [-0.4, -0.2) is 14.6 Å². The van der Waals surface area contributed by atoms with Crippen molar-refractivity contribution in [3.8, 4) is 0 Å². The van der Waals surface area contributed by atoms with E-state index in [4.69, 9.17) is 0 Å². The van der Waals surface area contributed by atoms with Crippen molar-refractivity contribution in [2.75, 3.05) is 0 Å². The van der Waals surface area contributed by atoms with Gasteiger partial charge in [-0.2, -0.15) is 0 Å². The van der Waals surface area contributed by atoms with Gasteiger partial charge in [0.2, 0.25) is 0 Å². The maximum absolute atomic E-state index is 12.8. The van der Waals surface area contributed by atoms with Gasteiger partial charge in [-0.05, 0) is 28.9 Å². The van der Waals surface area contributed by atoms with Gasteiger partial charge < -0.3 is 0 Å². The minimum Gasteiger partial charge on any atom is -0.283 e. The molecule has 2 aromatic rings. The molecule has 0 unspecified atom stereocenters. The van der Waals surface area contributed by atoms with Crippen LogP contribution in [0.25, 0.3) is 5.65 Å². The van der Waals surface area contributed by atoms with Crippen LogP contribution in [0, 0.1) is 12.7 Å². The van der Waals surface area contributed by atoms with Crippen molar-refractivity contribution in [1.29, 1.82) is 0 Å². The molecule has 62 valence electrons. The van der Waals surface area contributed by atoms with E-state index in [0.717, 1.165) is 0 Å². The van der Waals surface area contributed by atoms with E-state index in [1.54, 1.807) is 11.3 Å². The summed E-state index contributed by atoms with van der Waals surface area (Å²) in [5.74, 6) is 0.363. The van der Waals surface area contributed by atoms with Crippen LogP contribution in [0.3, 0.4) is 0 Å². The van der Waals surface area contributed by atoms with Crippen molar-refractivity contribution in [3.05, 3.63) is 28.4 Å². The Balaban J connectivity index is 2.92. The molecule has 0 bridgehead atoms. The van der Waals surface area contributed by atoms with Crippen LogP contribution < -0.4 is 0 Å². The van der Waals surface area contributed by atoms with E-state index < -0.39 is 0 Å². The monoisotopic (exact) mass is 229 g/mol. The summed E-state index contributed by atoms with van der Waals surface area (Å²) in [5, 5.41) is 7.67. The number of aromatic nitrogens is 3. The molecular weight excluding hydrogens is 225 g/mol. The summed E-state index contributed by atoms with van der Waals surface area (Å²) in [4.78, 5) is 0. The molecular formula is C7H5BrFN3. The van der Waals surface area contributed by atoms with Crippen molar-refractivity contribution in [2.24, 2.45) is 0 Å². The topological polar surface area (TPSA) is 30.2 Å². The molecule has 12 heavy (non-hydrogen) atoms. The van der Waals surface area contributed by atoms with Crippen molar-refractivity contribution in [2.45, 2.75) is 6.92 Å². The quantitative estimate of drug-likeness (QED) is 0.692. The lowest BCUT2D eigenvalue weighted by molar-refractivity contribution is 0.617. The molecule has 2 heterocycles. The van der Waals surface area contributed by atoms with Crippen LogP contribution in [0.5, 0.6) is 0 Å². The van der Waals surface area contributed by atoms with Crippen molar-refractivity contribution in [1.82, 2.24) is 14.6 Å². The number of hydrogen-bond acceptors (Lipinski definition) is 2.